The summed E-state index contributed by atoms with van der Waals surface area (Å²) in [5.41, 5.74) is 5.63. The minimum absolute atomic E-state index is 0.487. The second-order valence-corrected chi connectivity index (χ2v) is 3.85. The molecule has 1 heterocycles. The molecule has 4 nitrogen and oxygen atoms in total. The normalized spacial score (nSPS) is 10.9. The van der Waals surface area contributed by atoms with E-state index in [1.807, 2.05) is 0 Å². The van der Waals surface area contributed by atoms with E-state index in [9.17, 15) is 0 Å². The maximum Gasteiger partial charge on any atom is 0.146 e. The van der Waals surface area contributed by atoms with Gasteiger partial charge in [-0.1, -0.05) is 26.7 Å². The van der Waals surface area contributed by atoms with Crippen LogP contribution in [0.3, 0.4) is 0 Å². The van der Waals surface area contributed by atoms with Crippen molar-refractivity contribution in [1.29, 1.82) is 0 Å². The minimum Gasteiger partial charge on any atom is -0.324 e. The van der Waals surface area contributed by atoms with Gasteiger partial charge < -0.3 is 10.3 Å². The number of unbranched alkanes of at least 4 members (excludes halogenated alkanes) is 2. The second-order valence-electron chi connectivity index (χ2n) is 3.85. The molecule has 0 radical (unpaired) electrons. The maximum atomic E-state index is 5.63. The lowest BCUT2D eigenvalue weighted by molar-refractivity contribution is 0.589. The Kier molecular flexibility index (Phi) is 5.32. The minimum atomic E-state index is 0.487. The summed E-state index contributed by atoms with van der Waals surface area (Å²) < 4.78 is 2.18. The first-order valence-corrected chi connectivity index (χ1v) is 5.94. The molecule has 0 aromatic carbocycles. The topological polar surface area (TPSA) is 56.7 Å². The Bertz CT molecular complexity index is 280. The van der Waals surface area contributed by atoms with Gasteiger partial charge in [0.2, 0.25) is 0 Å². The third kappa shape index (κ3) is 3.30. The molecule has 0 saturated carbocycles. The van der Waals surface area contributed by atoms with Crippen LogP contribution in [0, 0.1) is 0 Å². The predicted octanol–water partition coefficient (Wildman–Crippen LogP) is 1.88. The molecule has 1 aromatic rings. The van der Waals surface area contributed by atoms with Crippen LogP contribution in [0.25, 0.3) is 0 Å². The van der Waals surface area contributed by atoms with E-state index in [4.69, 9.17) is 5.73 Å². The molecule has 0 bridgehead atoms. The van der Waals surface area contributed by atoms with Crippen molar-refractivity contribution in [2.45, 2.75) is 59.0 Å². The van der Waals surface area contributed by atoms with E-state index in [0.29, 0.717) is 6.54 Å². The fourth-order valence-electron chi connectivity index (χ4n) is 1.72. The molecular weight excluding hydrogens is 188 g/mol. The first kappa shape index (κ1) is 12.2. The van der Waals surface area contributed by atoms with Crippen LogP contribution in [-0.4, -0.2) is 14.8 Å². The van der Waals surface area contributed by atoms with Gasteiger partial charge in [0.1, 0.15) is 11.6 Å². The number of rotatable bonds is 7. The van der Waals surface area contributed by atoms with Crippen molar-refractivity contribution in [3.63, 3.8) is 0 Å². The smallest absolute Gasteiger partial charge is 0.146 e. The summed E-state index contributed by atoms with van der Waals surface area (Å²) >= 11 is 0. The molecule has 0 aliphatic carbocycles. The van der Waals surface area contributed by atoms with Gasteiger partial charge in [0.05, 0.1) is 6.54 Å². The highest BCUT2D eigenvalue weighted by atomic mass is 15.3. The van der Waals surface area contributed by atoms with E-state index in [1.54, 1.807) is 0 Å². The monoisotopic (exact) mass is 210 g/mol. The van der Waals surface area contributed by atoms with Crippen molar-refractivity contribution in [2.24, 2.45) is 5.73 Å². The number of nitrogens with two attached hydrogens (primary N) is 1. The van der Waals surface area contributed by atoms with Crippen LogP contribution in [0.2, 0.25) is 0 Å². The zero-order valence-electron chi connectivity index (χ0n) is 9.87. The van der Waals surface area contributed by atoms with Gasteiger partial charge in [-0.2, -0.15) is 0 Å². The van der Waals surface area contributed by atoms with Gasteiger partial charge in [-0.3, -0.25) is 0 Å². The summed E-state index contributed by atoms with van der Waals surface area (Å²) in [6.45, 7) is 5.85. The molecule has 0 unspecified atom stereocenters. The Morgan fingerprint density at radius 2 is 1.80 bits per heavy atom. The molecule has 0 fully saturated rings. The van der Waals surface area contributed by atoms with Gasteiger partial charge in [0.25, 0.3) is 0 Å². The molecule has 1 aromatic heterocycles. The van der Waals surface area contributed by atoms with E-state index in [2.05, 4.69) is 28.6 Å². The highest BCUT2D eigenvalue weighted by Gasteiger charge is 2.08. The van der Waals surface area contributed by atoms with Crippen LogP contribution in [0.5, 0.6) is 0 Å². The van der Waals surface area contributed by atoms with Crippen LogP contribution in [0.1, 0.15) is 51.2 Å². The maximum absolute atomic E-state index is 5.63. The Hall–Kier alpha value is -0.900. The van der Waals surface area contributed by atoms with E-state index in [-0.39, 0.29) is 0 Å². The predicted molar refractivity (Wildman–Crippen MR) is 61.4 cm³/mol. The van der Waals surface area contributed by atoms with Crippen molar-refractivity contribution >= 4 is 0 Å². The largest absolute Gasteiger partial charge is 0.324 e. The van der Waals surface area contributed by atoms with Crippen LogP contribution in [-0.2, 0) is 19.5 Å². The summed E-state index contributed by atoms with van der Waals surface area (Å²) in [7, 11) is 0. The Labute approximate surface area is 91.9 Å². The molecule has 0 aliphatic rings. The third-order valence-electron chi connectivity index (χ3n) is 2.54. The van der Waals surface area contributed by atoms with Gasteiger partial charge >= 0.3 is 0 Å². The average Bonchev–Trinajstić information content (AvgIpc) is 2.62. The van der Waals surface area contributed by atoms with Crippen molar-refractivity contribution in [3.8, 4) is 0 Å². The van der Waals surface area contributed by atoms with Crippen LogP contribution in [0.15, 0.2) is 0 Å². The SMILES string of the molecule is CCCCCc1nnc(CN)n1CCC. The average molecular weight is 210 g/mol. The van der Waals surface area contributed by atoms with Crippen molar-refractivity contribution in [2.75, 3.05) is 0 Å². The summed E-state index contributed by atoms with van der Waals surface area (Å²) in [4.78, 5) is 0. The first-order chi connectivity index (χ1) is 7.33. The fraction of sp³-hybridized carbons (Fsp3) is 0.818. The molecule has 0 atom stereocenters. The molecule has 86 valence electrons. The summed E-state index contributed by atoms with van der Waals surface area (Å²) in [6.07, 6.45) is 5.83. The second kappa shape index (κ2) is 6.56. The molecule has 0 saturated heterocycles. The Morgan fingerprint density at radius 1 is 1.07 bits per heavy atom. The van der Waals surface area contributed by atoms with Gasteiger partial charge in [-0.05, 0) is 12.8 Å². The van der Waals surface area contributed by atoms with Crippen molar-refractivity contribution in [3.05, 3.63) is 11.6 Å². The molecule has 1 rings (SSSR count). The zero-order valence-corrected chi connectivity index (χ0v) is 9.87. The van der Waals surface area contributed by atoms with Crippen molar-refractivity contribution in [1.82, 2.24) is 14.8 Å². The molecule has 15 heavy (non-hydrogen) atoms. The van der Waals surface area contributed by atoms with Gasteiger partial charge in [-0.25, -0.2) is 0 Å². The summed E-state index contributed by atoms with van der Waals surface area (Å²) in [5, 5.41) is 8.33. The third-order valence-corrected chi connectivity index (χ3v) is 2.54. The van der Waals surface area contributed by atoms with E-state index < -0.39 is 0 Å². The van der Waals surface area contributed by atoms with Crippen LogP contribution >= 0.6 is 0 Å². The molecule has 0 spiro atoms. The summed E-state index contributed by atoms with van der Waals surface area (Å²) in [6, 6.07) is 0. The Balaban J connectivity index is 2.64. The number of aryl methyl sites for hydroxylation is 1. The standard InChI is InChI=1S/C11H22N4/c1-3-5-6-7-10-13-14-11(9-12)15(10)8-4-2/h3-9,12H2,1-2H3. The van der Waals surface area contributed by atoms with Crippen molar-refractivity contribution < 1.29 is 0 Å². The number of hydrogen-bond acceptors (Lipinski definition) is 3. The van der Waals surface area contributed by atoms with Crippen LogP contribution < -0.4 is 5.73 Å². The van der Waals surface area contributed by atoms with E-state index >= 15 is 0 Å². The van der Waals surface area contributed by atoms with Gasteiger partial charge in [0.15, 0.2) is 0 Å². The van der Waals surface area contributed by atoms with Gasteiger partial charge in [-0.15, -0.1) is 10.2 Å². The van der Waals surface area contributed by atoms with E-state index in [1.165, 1.54) is 19.3 Å². The molecule has 0 aliphatic heterocycles. The number of hydrogen-bond donors (Lipinski definition) is 1. The molecular formula is C11H22N4. The summed E-state index contributed by atoms with van der Waals surface area (Å²) in [5.74, 6) is 2.02. The lowest BCUT2D eigenvalue weighted by Crippen LogP contribution is -2.11. The fourth-order valence-corrected chi connectivity index (χ4v) is 1.72. The number of nitrogens with zero attached hydrogens (tertiary/aromatic N) is 3. The quantitative estimate of drug-likeness (QED) is 0.699. The lowest BCUT2D eigenvalue weighted by Gasteiger charge is -2.07. The van der Waals surface area contributed by atoms with Crippen LogP contribution in [0.4, 0.5) is 0 Å². The van der Waals surface area contributed by atoms with E-state index in [0.717, 1.165) is 31.0 Å². The highest BCUT2D eigenvalue weighted by Crippen LogP contribution is 2.08. The number of aromatic nitrogens is 3. The highest BCUT2D eigenvalue weighted by molar-refractivity contribution is 4.95. The molecule has 4 heteroatoms. The Morgan fingerprint density at radius 3 is 2.40 bits per heavy atom. The lowest BCUT2D eigenvalue weighted by atomic mass is 10.2. The molecule has 2 N–H and O–H groups in total. The first-order valence-electron chi connectivity index (χ1n) is 5.94. The van der Waals surface area contributed by atoms with Gasteiger partial charge in [0, 0.05) is 13.0 Å². The molecule has 0 amide bonds. The zero-order chi connectivity index (χ0) is 11.1.